The molecule has 0 unspecified atom stereocenters. The fourth-order valence-corrected chi connectivity index (χ4v) is 8.58. The molecule has 0 saturated heterocycles. The molecular formula is C52H33NO. The van der Waals surface area contributed by atoms with E-state index in [1.807, 2.05) is 6.07 Å². The molecule has 0 aliphatic rings. The van der Waals surface area contributed by atoms with Crippen LogP contribution in [0.15, 0.2) is 205 Å². The Balaban J connectivity index is 1.10. The van der Waals surface area contributed by atoms with Gasteiger partial charge in [0.2, 0.25) is 0 Å². The molecule has 1 heterocycles. The highest BCUT2D eigenvalue weighted by Gasteiger charge is 2.20. The Morgan fingerprint density at radius 1 is 0.315 bits per heavy atom. The van der Waals surface area contributed by atoms with Gasteiger partial charge in [-0.3, -0.25) is 0 Å². The molecule has 1 aromatic heterocycles. The quantitative estimate of drug-likeness (QED) is 0.168. The largest absolute Gasteiger partial charge is 0.456 e. The van der Waals surface area contributed by atoms with Gasteiger partial charge in [0, 0.05) is 32.8 Å². The second-order valence-corrected chi connectivity index (χ2v) is 14.0. The highest BCUT2D eigenvalue weighted by molar-refractivity contribution is 6.34. The highest BCUT2D eigenvalue weighted by atomic mass is 16.3. The molecule has 0 bridgehead atoms. The van der Waals surface area contributed by atoms with E-state index in [0.29, 0.717) is 0 Å². The summed E-state index contributed by atoms with van der Waals surface area (Å²) >= 11 is 0. The molecule has 0 spiro atoms. The first-order valence-electron chi connectivity index (χ1n) is 18.5. The Bertz CT molecular complexity index is 3210. The van der Waals surface area contributed by atoms with Crippen LogP contribution in [0, 0.1) is 0 Å². The van der Waals surface area contributed by atoms with Crippen molar-refractivity contribution < 1.29 is 4.42 Å². The average Bonchev–Trinajstić information content (AvgIpc) is 3.63. The van der Waals surface area contributed by atoms with Gasteiger partial charge >= 0.3 is 0 Å². The number of para-hydroxylation sites is 2. The van der Waals surface area contributed by atoms with Gasteiger partial charge in [0.1, 0.15) is 11.2 Å². The summed E-state index contributed by atoms with van der Waals surface area (Å²) in [5, 5.41) is 12.2. The second kappa shape index (κ2) is 12.2. The second-order valence-electron chi connectivity index (χ2n) is 14.0. The third-order valence-electron chi connectivity index (χ3n) is 11.0. The molecule has 10 aromatic carbocycles. The summed E-state index contributed by atoms with van der Waals surface area (Å²) in [5.74, 6) is 0. The van der Waals surface area contributed by atoms with Gasteiger partial charge in [-0.1, -0.05) is 152 Å². The molecule has 0 fully saturated rings. The zero-order valence-corrected chi connectivity index (χ0v) is 29.4. The van der Waals surface area contributed by atoms with E-state index < -0.39 is 0 Å². The minimum atomic E-state index is 0.918. The van der Waals surface area contributed by atoms with Gasteiger partial charge in [-0.2, -0.15) is 0 Å². The summed E-state index contributed by atoms with van der Waals surface area (Å²) in [6.07, 6.45) is 0. The molecule has 0 aliphatic carbocycles. The molecule has 0 aliphatic heterocycles. The Hall–Kier alpha value is -7.16. The van der Waals surface area contributed by atoms with E-state index in [-0.39, 0.29) is 0 Å². The van der Waals surface area contributed by atoms with E-state index in [9.17, 15) is 0 Å². The van der Waals surface area contributed by atoms with Gasteiger partial charge < -0.3 is 9.32 Å². The van der Waals surface area contributed by atoms with Crippen molar-refractivity contribution in [3.63, 3.8) is 0 Å². The van der Waals surface area contributed by atoms with Crippen LogP contribution in [-0.4, -0.2) is 0 Å². The van der Waals surface area contributed by atoms with Crippen molar-refractivity contribution in [3.8, 4) is 22.3 Å². The first kappa shape index (κ1) is 30.5. The molecule has 0 amide bonds. The van der Waals surface area contributed by atoms with Crippen molar-refractivity contribution in [1.29, 1.82) is 0 Å². The smallest absolute Gasteiger partial charge is 0.136 e. The van der Waals surface area contributed by atoms with E-state index in [1.165, 1.54) is 70.7 Å². The minimum absolute atomic E-state index is 0.918. The summed E-state index contributed by atoms with van der Waals surface area (Å²) in [5.41, 5.74) is 9.95. The lowest BCUT2D eigenvalue weighted by Gasteiger charge is -2.29. The van der Waals surface area contributed by atoms with Crippen molar-refractivity contribution >= 4 is 82.1 Å². The maximum atomic E-state index is 6.36. The van der Waals surface area contributed by atoms with Crippen LogP contribution in [0.2, 0.25) is 0 Å². The normalized spacial score (nSPS) is 11.7. The SMILES string of the molecule is c1ccc(-c2ccccc2N(c2ccc(-c3ccc4c5ccccc5c5c(ccc6oc7ccccc7c65)c4c3)cc2)c2cccc3ccccc23)cc1. The molecular weight excluding hydrogens is 655 g/mol. The third kappa shape index (κ3) is 4.74. The summed E-state index contributed by atoms with van der Waals surface area (Å²) < 4.78 is 6.36. The third-order valence-corrected chi connectivity index (χ3v) is 11.0. The molecule has 0 saturated carbocycles. The molecule has 2 heteroatoms. The van der Waals surface area contributed by atoms with Crippen LogP contribution in [0.25, 0.3) is 87.3 Å². The van der Waals surface area contributed by atoms with Crippen LogP contribution < -0.4 is 4.90 Å². The van der Waals surface area contributed by atoms with Crippen molar-refractivity contribution in [2.75, 3.05) is 4.90 Å². The molecule has 0 radical (unpaired) electrons. The van der Waals surface area contributed by atoms with Gasteiger partial charge in [-0.15, -0.1) is 0 Å². The van der Waals surface area contributed by atoms with Crippen molar-refractivity contribution in [1.82, 2.24) is 0 Å². The van der Waals surface area contributed by atoms with Gasteiger partial charge in [0.05, 0.1) is 11.4 Å². The van der Waals surface area contributed by atoms with Crippen LogP contribution in [0.3, 0.4) is 0 Å². The van der Waals surface area contributed by atoms with Crippen LogP contribution in [0.1, 0.15) is 0 Å². The number of furan rings is 1. The predicted molar refractivity (Wildman–Crippen MR) is 229 cm³/mol. The zero-order chi connectivity index (χ0) is 35.6. The number of rotatable bonds is 5. The van der Waals surface area contributed by atoms with Crippen LogP contribution in [0.5, 0.6) is 0 Å². The minimum Gasteiger partial charge on any atom is -0.456 e. The molecule has 2 nitrogen and oxygen atoms in total. The summed E-state index contributed by atoms with van der Waals surface area (Å²) in [6, 6.07) is 72.2. The van der Waals surface area contributed by atoms with E-state index in [4.69, 9.17) is 4.42 Å². The van der Waals surface area contributed by atoms with E-state index in [1.54, 1.807) is 0 Å². The Kier molecular flexibility index (Phi) is 6.90. The summed E-state index contributed by atoms with van der Waals surface area (Å²) in [6.45, 7) is 0. The highest BCUT2D eigenvalue weighted by Crippen LogP contribution is 2.45. The van der Waals surface area contributed by atoms with Crippen molar-refractivity contribution in [2.24, 2.45) is 0 Å². The lowest BCUT2D eigenvalue weighted by Crippen LogP contribution is -2.11. The van der Waals surface area contributed by atoms with E-state index in [0.717, 1.165) is 33.6 Å². The Labute approximate surface area is 312 Å². The number of benzene rings is 10. The predicted octanol–water partition coefficient (Wildman–Crippen LogP) is 15.0. The lowest BCUT2D eigenvalue weighted by molar-refractivity contribution is 0.669. The topological polar surface area (TPSA) is 16.4 Å². The van der Waals surface area contributed by atoms with Crippen molar-refractivity contribution in [3.05, 3.63) is 200 Å². The van der Waals surface area contributed by atoms with Gasteiger partial charge in [-0.05, 0) is 97.5 Å². The number of anilines is 3. The molecule has 54 heavy (non-hydrogen) atoms. The van der Waals surface area contributed by atoms with Crippen LogP contribution >= 0.6 is 0 Å². The van der Waals surface area contributed by atoms with Crippen molar-refractivity contribution in [2.45, 2.75) is 0 Å². The van der Waals surface area contributed by atoms with Crippen LogP contribution in [-0.2, 0) is 0 Å². The molecule has 0 N–H and O–H groups in total. The lowest BCUT2D eigenvalue weighted by atomic mass is 9.90. The Morgan fingerprint density at radius 3 is 1.80 bits per heavy atom. The molecule has 11 aromatic rings. The monoisotopic (exact) mass is 687 g/mol. The average molecular weight is 688 g/mol. The number of hydrogen-bond donors (Lipinski definition) is 0. The standard InChI is InChI=1S/C52H33NO/c1-2-13-35(14-3-1)39-18-8-10-22-47(39)53(48-23-12-16-36-15-4-5-17-40(36)48)38-28-25-34(26-29-38)37-27-30-42-41-19-6-7-20-43(41)51-44(46(42)33-37)31-32-50-52(51)45-21-9-11-24-49(45)54-50/h1-33H. The number of fused-ring (bicyclic) bond motifs is 11. The molecule has 0 atom stereocenters. The van der Waals surface area contributed by atoms with Gasteiger partial charge in [0.25, 0.3) is 0 Å². The maximum Gasteiger partial charge on any atom is 0.136 e. The summed E-state index contributed by atoms with van der Waals surface area (Å²) in [7, 11) is 0. The van der Waals surface area contributed by atoms with Gasteiger partial charge in [-0.25, -0.2) is 0 Å². The first-order chi connectivity index (χ1) is 26.8. The number of hydrogen-bond acceptors (Lipinski definition) is 2. The molecule has 252 valence electrons. The van der Waals surface area contributed by atoms with E-state index in [2.05, 4.69) is 199 Å². The van der Waals surface area contributed by atoms with Gasteiger partial charge in [0.15, 0.2) is 0 Å². The fourth-order valence-electron chi connectivity index (χ4n) is 8.58. The van der Waals surface area contributed by atoms with Crippen LogP contribution in [0.4, 0.5) is 17.1 Å². The molecule has 11 rings (SSSR count). The fraction of sp³-hybridized carbons (Fsp3) is 0. The Morgan fingerprint density at radius 2 is 0.926 bits per heavy atom. The van der Waals surface area contributed by atoms with E-state index >= 15 is 0 Å². The maximum absolute atomic E-state index is 6.36. The number of nitrogens with zero attached hydrogens (tertiary/aromatic N) is 1. The summed E-state index contributed by atoms with van der Waals surface area (Å²) in [4.78, 5) is 2.41. The first-order valence-corrected chi connectivity index (χ1v) is 18.5. The zero-order valence-electron chi connectivity index (χ0n) is 29.4.